The molecule has 0 N–H and O–H groups in total. The second-order valence-electron chi connectivity index (χ2n) is 5.17. The lowest BCUT2D eigenvalue weighted by Crippen LogP contribution is -2.68. The molecule has 3 rings (SSSR count). The van der Waals surface area contributed by atoms with Gasteiger partial charge in [0.15, 0.2) is 11.4 Å². The Morgan fingerprint density at radius 1 is 1.43 bits per heavy atom. The molecule has 0 aliphatic carbocycles. The maximum atomic E-state index is 12.3. The summed E-state index contributed by atoms with van der Waals surface area (Å²) in [5.74, 6) is -2.21. The van der Waals surface area contributed by atoms with Crippen molar-refractivity contribution in [1.82, 2.24) is 9.88 Å². The highest BCUT2D eigenvalue weighted by Gasteiger charge is 2.60. The molecule has 2 fully saturated rings. The van der Waals surface area contributed by atoms with E-state index >= 15 is 0 Å². The van der Waals surface area contributed by atoms with Crippen LogP contribution in [0.15, 0.2) is 24.5 Å². The van der Waals surface area contributed by atoms with Crippen LogP contribution in [-0.2, 0) is 14.3 Å². The topological polar surface area (TPSA) is 59.5 Å². The first-order valence-electron chi connectivity index (χ1n) is 6.29. The Labute approximate surface area is 117 Å². The van der Waals surface area contributed by atoms with Crippen LogP contribution in [0.5, 0.6) is 0 Å². The summed E-state index contributed by atoms with van der Waals surface area (Å²) in [4.78, 5) is 27.6. The number of ketones is 1. The maximum Gasteiger partial charge on any atom is 0.471 e. The first kappa shape index (κ1) is 14.0. The molecule has 1 amide bonds. The van der Waals surface area contributed by atoms with Gasteiger partial charge in [-0.05, 0) is 11.6 Å². The third kappa shape index (κ3) is 2.29. The highest BCUT2D eigenvalue weighted by Crippen LogP contribution is 2.42. The SMILES string of the molecule is O=C(N1CC2(C1)OC(c1cccnc1)CC2=O)C(F)(F)F. The lowest BCUT2D eigenvalue weighted by molar-refractivity contribution is -0.207. The predicted molar refractivity (Wildman–Crippen MR) is 63.1 cm³/mol. The average Bonchev–Trinajstić information content (AvgIpc) is 2.74. The fourth-order valence-electron chi connectivity index (χ4n) is 2.63. The third-order valence-electron chi connectivity index (χ3n) is 3.73. The largest absolute Gasteiger partial charge is 0.471 e. The number of nitrogens with zero attached hydrogens (tertiary/aromatic N) is 2. The van der Waals surface area contributed by atoms with Gasteiger partial charge >= 0.3 is 12.1 Å². The summed E-state index contributed by atoms with van der Waals surface area (Å²) in [6, 6.07) is 3.43. The van der Waals surface area contributed by atoms with Crippen LogP contribution >= 0.6 is 0 Å². The molecule has 1 unspecified atom stereocenters. The van der Waals surface area contributed by atoms with E-state index in [9.17, 15) is 22.8 Å². The van der Waals surface area contributed by atoms with Crippen LogP contribution in [0, 0.1) is 0 Å². The summed E-state index contributed by atoms with van der Waals surface area (Å²) in [7, 11) is 0. The van der Waals surface area contributed by atoms with Gasteiger partial charge < -0.3 is 9.64 Å². The first-order valence-corrected chi connectivity index (χ1v) is 6.29. The number of rotatable bonds is 1. The van der Waals surface area contributed by atoms with Crippen LogP contribution in [-0.4, -0.2) is 46.4 Å². The first-order chi connectivity index (χ1) is 9.82. The maximum absolute atomic E-state index is 12.3. The summed E-state index contributed by atoms with van der Waals surface area (Å²) < 4.78 is 42.6. The van der Waals surface area contributed by atoms with Gasteiger partial charge in [0, 0.05) is 18.8 Å². The highest BCUT2D eigenvalue weighted by atomic mass is 19.4. The number of amides is 1. The van der Waals surface area contributed by atoms with Crippen LogP contribution < -0.4 is 0 Å². The fourth-order valence-corrected chi connectivity index (χ4v) is 2.63. The van der Waals surface area contributed by atoms with Gasteiger partial charge in [-0.3, -0.25) is 14.6 Å². The van der Waals surface area contributed by atoms with Gasteiger partial charge in [0.2, 0.25) is 0 Å². The van der Waals surface area contributed by atoms with Crippen molar-refractivity contribution >= 4 is 11.7 Å². The number of carbonyl (C=O) groups excluding carboxylic acids is 2. The van der Waals surface area contributed by atoms with Crippen molar-refractivity contribution in [2.24, 2.45) is 0 Å². The van der Waals surface area contributed by atoms with Crippen molar-refractivity contribution in [1.29, 1.82) is 0 Å². The molecule has 0 radical (unpaired) electrons. The lowest BCUT2D eigenvalue weighted by Gasteiger charge is -2.45. The summed E-state index contributed by atoms with van der Waals surface area (Å²) in [6.45, 7) is -0.693. The molecule has 2 saturated heterocycles. The Morgan fingerprint density at radius 2 is 2.14 bits per heavy atom. The zero-order valence-corrected chi connectivity index (χ0v) is 10.8. The van der Waals surface area contributed by atoms with E-state index in [-0.39, 0.29) is 25.3 Å². The normalized spacial score (nSPS) is 24.2. The van der Waals surface area contributed by atoms with Crippen molar-refractivity contribution < 1.29 is 27.5 Å². The zero-order chi connectivity index (χ0) is 15.3. The quantitative estimate of drug-likeness (QED) is 0.783. The number of alkyl halides is 3. The van der Waals surface area contributed by atoms with Gasteiger partial charge in [-0.25, -0.2) is 0 Å². The molecule has 0 bridgehead atoms. The standard InChI is InChI=1S/C13H11F3N2O3/c14-13(15,16)11(20)18-6-12(7-18)10(19)4-9(21-12)8-2-1-3-17-5-8/h1-3,5,9H,4,6-7H2. The van der Waals surface area contributed by atoms with Crippen molar-refractivity contribution in [2.75, 3.05) is 13.1 Å². The molecule has 2 aliphatic heterocycles. The molecular formula is C13H11F3N2O3. The Hall–Kier alpha value is -1.96. The van der Waals surface area contributed by atoms with Gasteiger partial charge in [-0.15, -0.1) is 0 Å². The number of hydrogen-bond acceptors (Lipinski definition) is 4. The number of pyridine rings is 1. The Bertz CT molecular complexity index is 582. The lowest BCUT2D eigenvalue weighted by atomic mass is 9.89. The average molecular weight is 300 g/mol. The molecule has 5 nitrogen and oxygen atoms in total. The second-order valence-corrected chi connectivity index (χ2v) is 5.17. The number of hydrogen-bond donors (Lipinski definition) is 0. The number of halogens is 3. The molecule has 1 atom stereocenters. The Kier molecular flexibility index (Phi) is 3.01. The molecule has 1 aromatic rings. The number of ether oxygens (including phenoxy) is 1. The van der Waals surface area contributed by atoms with Gasteiger partial charge in [-0.2, -0.15) is 13.2 Å². The summed E-state index contributed by atoms with van der Waals surface area (Å²) >= 11 is 0. The van der Waals surface area contributed by atoms with E-state index < -0.39 is 23.8 Å². The van der Waals surface area contributed by atoms with E-state index in [1.807, 2.05) is 0 Å². The van der Waals surface area contributed by atoms with Crippen LogP contribution in [0.4, 0.5) is 13.2 Å². The third-order valence-corrected chi connectivity index (χ3v) is 3.73. The molecule has 112 valence electrons. The minimum atomic E-state index is -4.92. The van der Waals surface area contributed by atoms with Gasteiger partial charge in [-0.1, -0.05) is 6.07 Å². The molecule has 0 aromatic carbocycles. The molecular weight excluding hydrogens is 289 g/mol. The number of likely N-dealkylation sites (tertiary alicyclic amines) is 1. The van der Waals surface area contributed by atoms with Gasteiger partial charge in [0.1, 0.15) is 0 Å². The van der Waals surface area contributed by atoms with Crippen LogP contribution in [0.25, 0.3) is 0 Å². The Morgan fingerprint density at radius 3 is 2.71 bits per heavy atom. The molecule has 3 heterocycles. The van der Waals surface area contributed by atoms with E-state index in [0.717, 1.165) is 0 Å². The smallest absolute Gasteiger partial charge is 0.355 e. The highest BCUT2D eigenvalue weighted by molar-refractivity contribution is 5.94. The van der Waals surface area contributed by atoms with E-state index in [4.69, 9.17) is 4.74 Å². The molecule has 2 aliphatic rings. The molecule has 21 heavy (non-hydrogen) atoms. The number of aromatic nitrogens is 1. The zero-order valence-electron chi connectivity index (χ0n) is 10.8. The van der Waals surface area contributed by atoms with Gasteiger partial charge in [0.05, 0.1) is 19.2 Å². The van der Waals surface area contributed by atoms with Crippen molar-refractivity contribution in [2.45, 2.75) is 24.3 Å². The minimum absolute atomic E-state index is 0.0831. The van der Waals surface area contributed by atoms with Gasteiger partial charge in [0.25, 0.3) is 0 Å². The second kappa shape index (κ2) is 4.52. The van der Waals surface area contributed by atoms with E-state index in [2.05, 4.69) is 4.98 Å². The minimum Gasteiger partial charge on any atom is -0.355 e. The number of carbonyl (C=O) groups is 2. The van der Waals surface area contributed by atoms with E-state index in [1.165, 1.54) is 0 Å². The fraction of sp³-hybridized carbons (Fsp3) is 0.462. The van der Waals surface area contributed by atoms with E-state index in [1.54, 1.807) is 24.5 Å². The molecule has 0 saturated carbocycles. The molecule has 8 heteroatoms. The molecule has 1 aromatic heterocycles. The van der Waals surface area contributed by atoms with Crippen LogP contribution in [0.1, 0.15) is 18.1 Å². The van der Waals surface area contributed by atoms with Crippen LogP contribution in [0.3, 0.4) is 0 Å². The summed E-state index contributed by atoms with van der Waals surface area (Å²) in [5.41, 5.74) is -0.593. The van der Waals surface area contributed by atoms with Crippen molar-refractivity contribution in [3.05, 3.63) is 30.1 Å². The van der Waals surface area contributed by atoms with Crippen molar-refractivity contribution in [3.63, 3.8) is 0 Å². The predicted octanol–water partition coefficient (Wildman–Crippen LogP) is 1.26. The summed E-state index contributed by atoms with van der Waals surface area (Å²) in [6.07, 6.45) is -2.24. The van der Waals surface area contributed by atoms with Crippen molar-refractivity contribution in [3.8, 4) is 0 Å². The summed E-state index contributed by atoms with van der Waals surface area (Å²) in [5, 5.41) is 0. The number of Topliss-reactive ketones (excluding diaryl/α,β-unsaturated/α-hetero) is 1. The Balaban J connectivity index is 1.69. The molecule has 1 spiro atoms. The van der Waals surface area contributed by atoms with E-state index in [0.29, 0.717) is 10.5 Å². The monoisotopic (exact) mass is 300 g/mol. The van der Waals surface area contributed by atoms with Crippen LogP contribution in [0.2, 0.25) is 0 Å².